The lowest BCUT2D eigenvalue weighted by molar-refractivity contribution is -0.125. The van der Waals surface area contributed by atoms with Gasteiger partial charge in [0.2, 0.25) is 5.91 Å². The predicted molar refractivity (Wildman–Crippen MR) is 80.2 cm³/mol. The van der Waals surface area contributed by atoms with E-state index in [-0.39, 0.29) is 17.4 Å². The molecule has 1 aromatic rings. The van der Waals surface area contributed by atoms with Gasteiger partial charge in [-0.15, -0.1) is 0 Å². The van der Waals surface area contributed by atoms with Gasteiger partial charge in [-0.2, -0.15) is 0 Å². The first-order valence-corrected chi connectivity index (χ1v) is 7.33. The molecule has 1 unspecified atom stereocenters. The van der Waals surface area contributed by atoms with Crippen LogP contribution in [0.15, 0.2) is 22.8 Å². The molecule has 0 radical (unpaired) electrons. The molecule has 1 aliphatic heterocycles. The summed E-state index contributed by atoms with van der Waals surface area (Å²) in [5.74, 6) is 1.14. The lowest BCUT2D eigenvalue weighted by Crippen LogP contribution is -2.44. The summed E-state index contributed by atoms with van der Waals surface area (Å²) in [5, 5.41) is 3.05. The molecule has 2 rings (SSSR count). The fraction of sp³-hybridized carbons (Fsp3) is 0.571. The van der Waals surface area contributed by atoms with Crippen molar-refractivity contribution in [2.45, 2.75) is 32.7 Å². The molecule has 1 aromatic heterocycles. The molecule has 1 fully saturated rings. The Balaban J connectivity index is 1.96. The molecule has 5 heteroatoms. The topological polar surface area (TPSA) is 45.2 Å². The van der Waals surface area contributed by atoms with Crippen molar-refractivity contribution in [1.29, 1.82) is 0 Å². The van der Waals surface area contributed by atoms with Crippen LogP contribution in [0.4, 0.5) is 5.82 Å². The molecule has 0 aliphatic carbocycles. The molecular weight excluding hydrogens is 306 g/mol. The van der Waals surface area contributed by atoms with E-state index in [1.807, 2.05) is 32.9 Å². The van der Waals surface area contributed by atoms with E-state index in [0.717, 1.165) is 29.8 Å². The van der Waals surface area contributed by atoms with Gasteiger partial charge in [0.25, 0.3) is 0 Å². The van der Waals surface area contributed by atoms with E-state index in [4.69, 9.17) is 0 Å². The van der Waals surface area contributed by atoms with Crippen LogP contribution in [0.25, 0.3) is 0 Å². The highest BCUT2D eigenvalue weighted by atomic mass is 79.9. The van der Waals surface area contributed by atoms with Crippen LogP contribution in [-0.2, 0) is 4.79 Å². The molecule has 19 heavy (non-hydrogen) atoms. The summed E-state index contributed by atoms with van der Waals surface area (Å²) in [6, 6.07) is 3.96. The summed E-state index contributed by atoms with van der Waals surface area (Å²) in [4.78, 5) is 18.7. The van der Waals surface area contributed by atoms with Crippen LogP contribution in [0, 0.1) is 5.92 Å². The van der Waals surface area contributed by atoms with Gasteiger partial charge in [-0.25, -0.2) is 4.98 Å². The number of hydrogen-bond donors (Lipinski definition) is 1. The Morgan fingerprint density at radius 3 is 2.79 bits per heavy atom. The van der Waals surface area contributed by atoms with E-state index in [1.165, 1.54) is 0 Å². The van der Waals surface area contributed by atoms with Gasteiger partial charge in [0.15, 0.2) is 0 Å². The van der Waals surface area contributed by atoms with Crippen molar-refractivity contribution >= 4 is 27.7 Å². The number of rotatable bonds is 2. The number of carbonyl (C=O) groups is 1. The van der Waals surface area contributed by atoms with Crippen molar-refractivity contribution in [1.82, 2.24) is 10.3 Å². The molecule has 104 valence electrons. The Hall–Kier alpha value is -1.10. The van der Waals surface area contributed by atoms with Crippen LogP contribution < -0.4 is 10.2 Å². The third-order valence-electron chi connectivity index (χ3n) is 3.09. The number of nitrogens with zero attached hydrogens (tertiary/aromatic N) is 2. The minimum absolute atomic E-state index is 0.0599. The second-order valence-corrected chi connectivity index (χ2v) is 6.92. The summed E-state index contributed by atoms with van der Waals surface area (Å²) < 4.78 is 0.970. The lowest BCUT2D eigenvalue weighted by atomic mass is 10.0. The van der Waals surface area contributed by atoms with E-state index >= 15 is 0 Å². The lowest BCUT2D eigenvalue weighted by Gasteiger charge is -2.23. The second kappa shape index (κ2) is 5.49. The number of pyridine rings is 1. The monoisotopic (exact) mass is 325 g/mol. The number of carbonyl (C=O) groups excluding carboxylic acids is 1. The second-order valence-electron chi connectivity index (χ2n) is 6.01. The molecule has 1 N–H and O–H groups in total. The van der Waals surface area contributed by atoms with E-state index in [0.29, 0.717) is 0 Å². The highest BCUT2D eigenvalue weighted by Gasteiger charge is 2.30. The molecule has 2 heterocycles. The van der Waals surface area contributed by atoms with Gasteiger partial charge in [-0.05, 0) is 55.3 Å². The predicted octanol–water partition coefficient (Wildman–Crippen LogP) is 2.59. The minimum Gasteiger partial charge on any atom is -0.356 e. The zero-order valence-electron chi connectivity index (χ0n) is 11.6. The quantitative estimate of drug-likeness (QED) is 0.909. The maximum absolute atomic E-state index is 12.1. The maximum atomic E-state index is 12.1. The number of anilines is 1. The van der Waals surface area contributed by atoms with Crippen molar-refractivity contribution in [2.24, 2.45) is 5.92 Å². The Bertz CT molecular complexity index is 453. The average Bonchev–Trinajstić information content (AvgIpc) is 2.77. The molecule has 0 aromatic carbocycles. The van der Waals surface area contributed by atoms with Crippen molar-refractivity contribution in [2.75, 3.05) is 18.0 Å². The normalized spacial score (nSPS) is 19.6. The van der Waals surface area contributed by atoms with Gasteiger partial charge in [-0.1, -0.05) is 0 Å². The third-order valence-corrected chi connectivity index (χ3v) is 3.56. The van der Waals surface area contributed by atoms with Crippen LogP contribution >= 0.6 is 15.9 Å². The van der Waals surface area contributed by atoms with Crippen molar-refractivity contribution < 1.29 is 4.79 Å². The molecule has 1 amide bonds. The van der Waals surface area contributed by atoms with E-state index in [1.54, 1.807) is 6.20 Å². The third kappa shape index (κ3) is 3.93. The molecule has 1 saturated heterocycles. The van der Waals surface area contributed by atoms with Crippen LogP contribution in [0.3, 0.4) is 0 Å². The average molecular weight is 326 g/mol. The number of hydrogen-bond acceptors (Lipinski definition) is 3. The first-order valence-electron chi connectivity index (χ1n) is 6.54. The largest absolute Gasteiger partial charge is 0.356 e. The van der Waals surface area contributed by atoms with Crippen LogP contribution in [0.1, 0.15) is 27.2 Å². The first-order chi connectivity index (χ1) is 8.85. The summed E-state index contributed by atoms with van der Waals surface area (Å²) in [5.41, 5.74) is -0.166. The molecule has 0 spiro atoms. The smallest absolute Gasteiger partial charge is 0.225 e. The zero-order valence-corrected chi connectivity index (χ0v) is 13.2. The Labute approximate surface area is 122 Å². The fourth-order valence-electron chi connectivity index (χ4n) is 2.21. The SMILES string of the molecule is CC(C)(C)NC(=O)C1CCN(c2ccc(Br)cn2)C1. The van der Waals surface area contributed by atoms with E-state index in [2.05, 4.69) is 31.1 Å². The number of aromatic nitrogens is 1. The molecule has 4 nitrogen and oxygen atoms in total. The highest BCUT2D eigenvalue weighted by Crippen LogP contribution is 2.23. The Kier molecular flexibility index (Phi) is 4.13. The number of nitrogens with one attached hydrogen (secondary N) is 1. The molecular formula is C14H20BrN3O. The number of amides is 1. The summed E-state index contributed by atoms with van der Waals surface area (Å²) >= 11 is 3.38. The number of halogens is 1. The Morgan fingerprint density at radius 2 is 2.21 bits per heavy atom. The van der Waals surface area contributed by atoms with Crippen LogP contribution in [0.5, 0.6) is 0 Å². The van der Waals surface area contributed by atoms with Crippen LogP contribution in [0.2, 0.25) is 0 Å². The van der Waals surface area contributed by atoms with Gasteiger partial charge in [0.1, 0.15) is 5.82 Å². The van der Waals surface area contributed by atoms with Crippen molar-refractivity contribution in [3.05, 3.63) is 22.8 Å². The minimum atomic E-state index is -0.166. The summed E-state index contributed by atoms with van der Waals surface area (Å²) in [7, 11) is 0. The fourth-order valence-corrected chi connectivity index (χ4v) is 2.44. The maximum Gasteiger partial charge on any atom is 0.225 e. The molecule has 0 bridgehead atoms. The van der Waals surface area contributed by atoms with Crippen molar-refractivity contribution in [3.8, 4) is 0 Å². The van der Waals surface area contributed by atoms with Gasteiger partial charge >= 0.3 is 0 Å². The zero-order chi connectivity index (χ0) is 14.0. The molecule has 1 aliphatic rings. The van der Waals surface area contributed by atoms with Crippen LogP contribution in [-0.4, -0.2) is 29.5 Å². The summed E-state index contributed by atoms with van der Waals surface area (Å²) in [6.07, 6.45) is 2.68. The van der Waals surface area contributed by atoms with Gasteiger partial charge in [-0.3, -0.25) is 4.79 Å². The van der Waals surface area contributed by atoms with Gasteiger partial charge in [0, 0.05) is 29.3 Å². The molecule has 1 atom stereocenters. The standard InChI is InChI=1S/C14H20BrN3O/c1-14(2,3)17-13(19)10-6-7-18(9-10)12-5-4-11(15)8-16-12/h4-5,8,10H,6-7,9H2,1-3H3,(H,17,19). The first kappa shape index (κ1) is 14.3. The van der Waals surface area contributed by atoms with E-state index in [9.17, 15) is 4.79 Å². The summed E-state index contributed by atoms with van der Waals surface area (Å²) in [6.45, 7) is 7.66. The van der Waals surface area contributed by atoms with Crippen molar-refractivity contribution in [3.63, 3.8) is 0 Å². The van der Waals surface area contributed by atoms with Gasteiger partial charge < -0.3 is 10.2 Å². The Morgan fingerprint density at radius 1 is 1.47 bits per heavy atom. The highest BCUT2D eigenvalue weighted by molar-refractivity contribution is 9.10. The van der Waals surface area contributed by atoms with Gasteiger partial charge in [0.05, 0.1) is 5.92 Å². The molecule has 0 saturated carbocycles. The van der Waals surface area contributed by atoms with E-state index < -0.39 is 0 Å².